The molecule has 2 heterocycles. The van der Waals surface area contributed by atoms with Crippen LogP contribution in [-0.4, -0.2) is 53.0 Å². The van der Waals surface area contributed by atoms with Gasteiger partial charge in [-0.1, -0.05) is 35.3 Å². The molecule has 1 aromatic rings. The highest BCUT2D eigenvalue weighted by Crippen LogP contribution is 2.39. The first kappa shape index (κ1) is 16.6. The van der Waals surface area contributed by atoms with Gasteiger partial charge < -0.3 is 15.3 Å². The minimum absolute atomic E-state index is 0.0546. The molecule has 2 aliphatic heterocycles. The Hall–Kier alpha value is -2.25. The van der Waals surface area contributed by atoms with Gasteiger partial charge in [0.25, 0.3) is 5.91 Å². The molecule has 0 aromatic heterocycles. The molecule has 1 unspecified atom stereocenters. The van der Waals surface area contributed by atoms with Gasteiger partial charge in [-0.3, -0.25) is 14.5 Å². The van der Waals surface area contributed by atoms with Gasteiger partial charge in [0.1, 0.15) is 6.54 Å². The van der Waals surface area contributed by atoms with Crippen LogP contribution in [0.1, 0.15) is 11.6 Å². The van der Waals surface area contributed by atoms with Gasteiger partial charge in [-0.2, -0.15) is 0 Å². The average molecular weight is 370 g/mol. The number of nitrogens with one attached hydrogen (secondary N) is 1. The van der Waals surface area contributed by atoms with Gasteiger partial charge in [0, 0.05) is 7.05 Å². The summed E-state index contributed by atoms with van der Waals surface area (Å²) in [6.07, 6.45) is 0. The first-order valence-corrected chi connectivity index (χ1v) is 7.79. The van der Waals surface area contributed by atoms with E-state index in [4.69, 9.17) is 28.3 Å². The molecule has 0 radical (unpaired) electrons. The number of halogens is 2. The van der Waals surface area contributed by atoms with E-state index in [-0.39, 0.29) is 11.6 Å². The van der Waals surface area contributed by atoms with E-state index in [0.717, 1.165) is 0 Å². The Bertz CT molecular complexity index is 793. The summed E-state index contributed by atoms with van der Waals surface area (Å²) in [6.45, 7) is -0.386. The monoisotopic (exact) mass is 369 g/mol. The molecule has 7 nitrogen and oxygen atoms in total. The van der Waals surface area contributed by atoms with Crippen LogP contribution in [0.5, 0.6) is 0 Å². The third-order valence-electron chi connectivity index (χ3n) is 4.05. The maximum Gasteiger partial charge on any atom is 0.323 e. The summed E-state index contributed by atoms with van der Waals surface area (Å²) in [4.78, 5) is 38.3. The number of rotatable bonds is 3. The van der Waals surface area contributed by atoms with Crippen LogP contribution in [-0.2, 0) is 9.59 Å². The topological polar surface area (TPSA) is 90.0 Å². The van der Waals surface area contributed by atoms with Crippen molar-refractivity contribution in [2.24, 2.45) is 0 Å². The van der Waals surface area contributed by atoms with Crippen LogP contribution in [0.15, 0.2) is 29.5 Å². The summed E-state index contributed by atoms with van der Waals surface area (Å²) in [5.41, 5.74) is 1.26. The standard InChI is InChI=1S/C15H13Cl2N3O4/c1-19-9-5-20(6-10(21)22)14(23)11(9)13(18-15(19)24)7-3-2-4-8(16)12(7)17/h2-4,13H,5-6H2,1H3,(H,18,24)(H,21,22). The second-order valence-electron chi connectivity index (χ2n) is 5.50. The van der Waals surface area contributed by atoms with Gasteiger partial charge in [0.15, 0.2) is 0 Å². The average Bonchev–Trinajstić information content (AvgIpc) is 2.83. The zero-order valence-electron chi connectivity index (χ0n) is 12.5. The largest absolute Gasteiger partial charge is 0.480 e. The third kappa shape index (κ3) is 2.59. The van der Waals surface area contributed by atoms with Crippen LogP contribution < -0.4 is 5.32 Å². The Kier molecular flexibility index (Phi) is 4.15. The van der Waals surface area contributed by atoms with E-state index in [1.165, 1.54) is 16.8 Å². The van der Waals surface area contributed by atoms with Gasteiger partial charge in [0.05, 0.1) is 33.9 Å². The molecule has 2 N–H and O–H groups in total. The van der Waals surface area contributed by atoms with E-state index < -0.39 is 30.5 Å². The van der Waals surface area contributed by atoms with Crippen LogP contribution >= 0.6 is 23.2 Å². The van der Waals surface area contributed by atoms with Crippen molar-refractivity contribution < 1.29 is 19.5 Å². The van der Waals surface area contributed by atoms with Crippen LogP contribution in [0.4, 0.5) is 4.79 Å². The van der Waals surface area contributed by atoms with Crippen molar-refractivity contribution >= 4 is 41.1 Å². The number of carboxylic acids is 1. The molecular weight excluding hydrogens is 357 g/mol. The normalized spacial score (nSPS) is 20.4. The number of nitrogens with zero attached hydrogens (tertiary/aromatic N) is 2. The molecule has 0 bridgehead atoms. The Balaban J connectivity index is 2.07. The number of carbonyl (C=O) groups excluding carboxylic acids is 2. The minimum Gasteiger partial charge on any atom is -0.480 e. The van der Waals surface area contributed by atoms with Gasteiger partial charge in [0.2, 0.25) is 0 Å². The molecule has 1 atom stereocenters. The molecule has 0 saturated heterocycles. The summed E-state index contributed by atoms with van der Waals surface area (Å²) < 4.78 is 0. The summed E-state index contributed by atoms with van der Waals surface area (Å²) in [5.74, 6) is -1.57. The highest BCUT2D eigenvalue weighted by atomic mass is 35.5. The zero-order chi connectivity index (χ0) is 17.6. The molecule has 9 heteroatoms. The first-order valence-electron chi connectivity index (χ1n) is 7.03. The van der Waals surface area contributed by atoms with E-state index >= 15 is 0 Å². The second-order valence-corrected chi connectivity index (χ2v) is 6.29. The number of aliphatic carboxylic acids is 1. The molecular formula is C15H13Cl2N3O4. The van der Waals surface area contributed by atoms with Crippen LogP contribution in [0.25, 0.3) is 0 Å². The number of amides is 3. The van der Waals surface area contributed by atoms with Crippen molar-refractivity contribution in [2.75, 3.05) is 20.1 Å². The number of benzene rings is 1. The van der Waals surface area contributed by atoms with Gasteiger partial charge in [-0.05, 0) is 11.6 Å². The van der Waals surface area contributed by atoms with E-state index in [1.54, 1.807) is 18.2 Å². The van der Waals surface area contributed by atoms with Crippen molar-refractivity contribution in [1.82, 2.24) is 15.1 Å². The third-order valence-corrected chi connectivity index (χ3v) is 4.89. The summed E-state index contributed by atoms with van der Waals surface area (Å²) in [7, 11) is 1.53. The van der Waals surface area contributed by atoms with Crippen LogP contribution in [0.2, 0.25) is 10.0 Å². The number of hydrogen-bond acceptors (Lipinski definition) is 3. The molecule has 3 rings (SSSR count). The fraction of sp³-hybridized carbons (Fsp3) is 0.267. The second kappa shape index (κ2) is 5.99. The predicted octanol–water partition coefficient (Wildman–Crippen LogP) is 1.87. The molecule has 0 aliphatic carbocycles. The van der Waals surface area contributed by atoms with Crippen molar-refractivity contribution in [2.45, 2.75) is 6.04 Å². The first-order chi connectivity index (χ1) is 11.3. The lowest BCUT2D eigenvalue weighted by Gasteiger charge is -2.31. The van der Waals surface area contributed by atoms with E-state index in [0.29, 0.717) is 21.9 Å². The fourth-order valence-electron chi connectivity index (χ4n) is 2.89. The number of urea groups is 1. The van der Waals surface area contributed by atoms with Gasteiger partial charge in [-0.25, -0.2) is 4.79 Å². The number of carboxylic acid groups (broad SMARTS) is 1. The lowest BCUT2D eigenvalue weighted by molar-refractivity contribution is -0.142. The maximum atomic E-state index is 12.7. The maximum absolute atomic E-state index is 12.7. The molecule has 0 saturated carbocycles. The molecule has 0 spiro atoms. The molecule has 1 aromatic carbocycles. The molecule has 3 amide bonds. The Morgan fingerprint density at radius 1 is 1.38 bits per heavy atom. The van der Waals surface area contributed by atoms with E-state index in [1.807, 2.05) is 0 Å². The van der Waals surface area contributed by atoms with Gasteiger partial charge >= 0.3 is 12.0 Å². The quantitative estimate of drug-likeness (QED) is 0.850. The van der Waals surface area contributed by atoms with Crippen molar-refractivity contribution in [3.05, 3.63) is 45.1 Å². The van der Waals surface area contributed by atoms with Crippen molar-refractivity contribution in [3.8, 4) is 0 Å². The minimum atomic E-state index is -1.12. The predicted molar refractivity (Wildman–Crippen MR) is 86.7 cm³/mol. The Morgan fingerprint density at radius 3 is 2.75 bits per heavy atom. The molecule has 126 valence electrons. The summed E-state index contributed by atoms with van der Waals surface area (Å²) >= 11 is 12.3. The highest BCUT2D eigenvalue weighted by molar-refractivity contribution is 6.42. The number of likely N-dealkylation sites (N-methyl/N-ethyl adjacent to an activating group) is 1. The number of hydrogen-bond donors (Lipinski definition) is 2. The fourth-order valence-corrected chi connectivity index (χ4v) is 3.31. The van der Waals surface area contributed by atoms with E-state index in [9.17, 15) is 14.4 Å². The molecule has 24 heavy (non-hydrogen) atoms. The van der Waals surface area contributed by atoms with Crippen LogP contribution in [0, 0.1) is 0 Å². The summed E-state index contributed by atoms with van der Waals surface area (Å²) in [6, 6.07) is 3.76. The Morgan fingerprint density at radius 2 is 2.08 bits per heavy atom. The highest BCUT2D eigenvalue weighted by Gasteiger charge is 2.43. The molecule has 2 aliphatic rings. The Labute approximate surface area is 147 Å². The SMILES string of the molecule is CN1C(=O)NC(c2cccc(Cl)c2Cl)C2=C1CN(CC(=O)O)C2=O. The van der Waals surface area contributed by atoms with Crippen molar-refractivity contribution in [1.29, 1.82) is 0 Å². The molecule has 0 fully saturated rings. The van der Waals surface area contributed by atoms with E-state index in [2.05, 4.69) is 5.32 Å². The van der Waals surface area contributed by atoms with Gasteiger partial charge in [-0.15, -0.1) is 0 Å². The smallest absolute Gasteiger partial charge is 0.323 e. The lowest BCUT2D eigenvalue weighted by Crippen LogP contribution is -2.45. The lowest BCUT2D eigenvalue weighted by atomic mass is 9.95. The summed E-state index contributed by atoms with van der Waals surface area (Å²) in [5, 5.41) is 12.2. The van der Waals surface area contributed by atoms with Crippen molar-refractivity contribution in [3.63, 3.8) is 0 Å². The van der Waals surface area contributed by atoms with Crippen LogP contribution in [0.3, 0.4) is 0 Å². The number of carbonyl (C=O) groups is 3. The zero-order valence-corrected chi connectivity index (χ0v) is 14.1.